The van der Waals surface area contributed by atoms with Crippen LogP contribution >= 0.6 is 11.8 Å². The Labute approximate surface area is 122 Å². The van der Waals surface area contributed by atoms with Crippen LogP contribution in [0.5, 0.6) is 0 Å². The van der Waals surface area contributed by atoms with Gasteiger partial charge >= 0.3 is 0 Å². The molecule has 3 heterocycles. The van der Waals surface area contributed by atoms with Crippen molar-refractivity contribution in [2.45, 2.75) is 44.4 Å². The molecule has 5 nitrogen and oxygen atoms in total. The van der Waals surface area contributed by atoms with Crippen molar-refractivity contribution in [3.8, 4) is 6.07 Å². The lowest BCUT2D eigenvalue weighted by Crippen LogP contribution is -2.33. The van der Waals surface area contributed by atoms with E-state index in [1.807, 2.05) is 4.40 Å². The first kappa shape index (κ1) is 13.4. The van der Waals surface area contributed by atoms with E-state index in [2.05, 4.69) is 37.0 Å². The second-order valence-electron chi connectivity index (χ2n) is 5.43. The van der Waals surface area contributed by atoms with E-state index in [1.165, 1.54) is 0 Å². The predicted octanol–water partition coefficient (Wildman–Crippen LogP) is 2.56. The van der Waals surface area contributed by atoms with E-state index in [0.717, 1.165) is 39.5 Å². The summed E-state index contributed by atoms with van der Waals surface area (Å²) in [4.78, 5) is 0. The molecule has 0 unspecified atom stereocenters. The summed E-state index contributed by atoms with van der Waals surface area (Å²) in [6.45, 7) is 6.67. The smallest absolute Gasteiger partial charge is 0.167 e. The predicted molar refractivity (Wildman–Crippen MR) is 76.7 cm³/mol. The Morgan fingerprint density at radius 1 is 1.50 bits per heavy atom. The van der Waals surface area contributed by atoms with Crippen molar-refractivity contribution < 1.29 is 4.74 Å². The molecule has 3 rings (SSSR count). The Balaban J connectivity index is 2.34. The summed E-state index contributed by atoms with van der Waals surface area (Å²) in [5.74, 6) is 0.903. The molecule has 0 saturated carbocycles. The maximum absolute atomic E-state index is 9.61. The summed E-state index contributed by atoms with van der Waals surface area (Å²) in [6.07, 6.45) is 2.40. The number of pyridine rings is 1. The fourth-order valence-corrected chi connectivity index (χ4v) is 3.47. The molecule has 1 aliphatic heterocycles. The van der Waals surface area contributed by atoms with Crippen LogP contribution < -0.4 is 0 Å². The first-order chi connectivity index (χ1) is 9.57. The molecular formula is C14H16N4OS. The molecule has 0 bridgehead atoms. The molecule has 6 heteroatoms. The molecular weight excluding hydrogens is 272 g/mol. The highest BCUT2D eigenvalue weighted by atomic mass is 32.2. The van der Waals surface area contributed by atoms with Gasteiger partial charge in [-0.15, -0.1) is 22.0 Å². The van der Waals surface area contributed by atoms with E-state index in [4.69, 9.17) is 4.74 Å². The van der Waals surface area contributed by atoms with Gasteiger partial charge in [0.1, 0.15) is 17.4 Å². The van der Waals surface area contributed by atoms with Crippen molar-refractivity contribution in [2.24, 2.45) is 0 Å². The zero-order chi connectivity index (χ0) is 14.3. The van der Waals surface area contributed by atoms with Gasteiger partial charge in [0.25, 0.3) is 0 Å². The molecule has 0 aromatic carbocycles. The highest BCUT2D eigenvalue weighted by molar-refractivity contribution is 7.99. The van der Waals surface area contributed by atoms with Gasteiger partial charge in [-0.2, -0.15) is 5.26 Å². The average Bonchev–Trinajstić information content (AvgIpc) is 2.87. The number of rotatable bonds is 2. The normalized spacial score (nSPS) is 16.9. The summed E-state index contributed by atoms with van der Waals surface area (Å²) in [6, 6.07) is 2.38. The lowest BCUT2D eigenvalue weighted by Gasteiger charge is -2.32. The van der Waals surface area contributed by atoms with Crippen LogP contribution in [0.4, 0.5) is 0 Å². The average molecular weight is 288 g/mol. The van der Waals surface area contributed by atoms with E-state index >= 15 is 0 Å². The molecule has 0 radical (unpaired) electrons. The minimum atomic E-state index is -0.245. The van der Waals surface area contributed by atoms with Crippen LogP contribution in [-0.2, 0) is 17.8 Å². The van der Waals surface area contributed by atoms with Crippen LogP contribution in [0.25, 0.3) is 5.65 Å². The first-order valence-electron chi connectivity index (χ1n) is 6.61. The number of ether oxygens (including phenoxy) is 1. The van der Waals surface area contributed by atoms with Gasteiger partial charge in [-0.3, -0.25) is 4.40 Å². The van der Waals surface area contributed by atoms with Crippen LogP contribution in [-0.4, -0.2) is 26.0 Å². The van der Waals surface area contributed by atoms with Crippen molar-refractivity contribution in [2.75, 3.05) is 5.75 Å². The van der Waals surface area contributed by atoms with E-state index in [1.54, 1.807) is 18.1 Å². The van der Waals surface area contributed by atoms with Crippen LogP contribution in [0.1, 0.15) is 37.5 Å². The first-order valence-corrected chi connectivity index (χ1v) is 7.60. The van der Waals surface area contributed by atoms with Gasteiger partial charge in [-0.25, -0.2) is 0 Å². The number of nitrogens with zero attached hydrogens (tertiary/aromatic N) is 4. The monoisotopic (exact) mass is 288 g/mol. The third-order valence-electron chi connectivity index (χ3n) is 3.52. The summed E-state index contributed by atoms with van der Waals surface area (Å²) in [5.41, 5.74) is 3.38. The second-order valence-corrected chi connectivity index (χ2v) is 6.68. The molecule has 2 aromatic heterocycles. The third kappa shape index (κ3) is 1.98. The summed E-state index contributed by atoms with van der Waals surface area (Å²) < 4.78 is 7.78. The minimum Gasteiger partial charge on any atom is -0.370 e. The largest absolute Gasteiger partial charge is 0.370 e. The van der Waals surface area contributed by atoms with E-state index in [9.17, 15) is 5.26 Å². The zero-order valence-corrected chi connectivity index (χ0v) is 12.6. The molecule has 0 N–H and O–H groups in total. The Bertz CT molecular complexity index is 714. The Kier molecular flexibility index (Phi) is 3.19. The molecule has 0 fully saturated rings. The lowest BCUT2D eigenvalue weighted by molar-refractivity contribution is -0.0398. The number of thioether (sulfide) groups is 1. The number of hydrogen-bond donors (Lipinski definition) is 0. The van der Waals surface area contributed by atoms with Gasteiger partial charge in [-0.05, 0) is 25.2 Å². The van der Waals surface area contributed by atoms with Crippen LogP contribution in [0.15, 0.2) is 11.4 Å². The maximum Gasteiger partial charge on any atom is 0.167 e. The molecule has 104 valence electrons. The van der Waals surface area contributed by atoms with Crippen molar-refractivity contribution in [3.63, 3.8) is 0 Å². The molecule has 0 spiro atoms. The Hall–Kier alpha value is -1.58. The molecule has 1 aliphatic rings. The third-order valence-corrected chi connectivity index (χ3v) is 4.48. The zero-order valence-electron chi connectivity index (χ0n) is 11.8. The van der Waals surface area contributed by atoms with Gasteiger partial charge in [0, 0.05) is 12.0 Å². The maximum atomic E-state index is 9.61. The summed E-state index contributed by atoms with van der Waals surface area (Å²) in [7, 11) is 0. The second kappa shape index (κ2) is 4.76. The van der Waals surface area contributed by atoms with Gasteiger partial charge in [-0.1, -0.05) is 6.92 Å². The number of fused-ring (bicyclic) bond motifs is 3. The molecule has 0 saturated heterocycles. The molecule has 0 amide bonds. The highest BCUT2D eigenvalue weighted by Crippen LogP contribution is 2.36. The van der Waals surface area contributed by atoms with E-state index in [0.29, 0.717) is 6.61 Å². The van der Waals surface area contributed by atoms with Crippen LogP contribution in [0.2, 0.25) is 0 Å². The quantitative estimate of drug-likeness (QED) is 0.795. The molecule has 2 aromatic rings. The van der Waals surface area contributed by atoms with Crippen molar-refractivity contribution in [3.05, 3.63) is 23.0 Å². The fraction of sp³-hybridized carbons (Fsp3) is 0.500. The van der Waals surface area contributed by atoms with Gasteiger partial charge in [0.2, 0.25) is 0 Å². The summed E-state index contributed by atoms with van der Waals surface area (Å²) in [5, 5.41) is 18.8. The SMILES string of the molecule is CCSc1c(C#N)c2c(c3nncn13)COC(C)(C)C2. The topological polar surface area (TPSA) is 63.2 Å². The van der Waals surface area contributed by atoms with E-state index < -0.39 is 0 Å². The van der Waals surface area contributed by atoms with Crippen molar-refractivity contribution in [1.82, 2.24) is 14.6 Å². The summed E-state index contributed by atoms with van der Waals surface area (Å²) >= 11 is 1.65. The van der Waals surface area contributed by atoms with Gasteiger partial charge in [0.05, 0.1) is 17.8 Å². The lowest BCUT2D eigenvalue weighted by atomic mass is 9.90. The highest BCUT2D eigenvalue weighted by Gasteiger charge is 2.32. The number of aromatic nitrogens is 3. The van der Waals surface area contributed by atoms with Gasteiger partial charge < -0.3 is 4.74 Å². The van der Waals surface area contributed by atoms with Crippen LogP contribution in [0, 0.1) is 11.3 Å². The van der Waals surface area contributed by atoms with Crippen molar-refractivity contribution in [1.29, 1.82) is 5.26 Å². The van der Waals surface area contributed by atoms with Crippen LogP contribution in [0.3, 0.4) is 0 Å². The minimum absolute atomic E-state index is 0.245. The number of hydrogen-bond acceptors (Lipinski definition) is 5. The number of nitriles is 1. The fourth-order valence-electron chi connectivity index (χ4n) is 2.61. The Morgan fingerprint density at radius 2 is 2.30 bits per heavy atom. The molecule has 0 atom stereocenters. The van der Waals surface area contributed by atoms with E-state index in [-0.39, 0.29) is 5.60 Å². The molecule has 0 aliphatic carbocycles. The van der Waals surface area contributed by atoms with Crippen molar-refractivity contribution >= 4 is 17.4 Å². The Morgan fingerprint density at radius 3 is 3.00 bits per heavy atom. The molecule has 20 heavy (non-hydrogen) atoms. The van der Waals surface area contributed by atoms with Gasteiger partial charge in [0.15, 0.2) is 5.65 Å². The standard InChI is InChI=1S/C14H16N4OS/c1-4-20-13-10(6-15)9-5-14(2,3)19-7-11(9)12-17-16-8-18(12)13/h8H,4-5,7H2,1-3H3.